The van der Waals surface area contributed by atoms with Crippen LogP contribution in [0.1, 0.15) is 52.0 Å². The summed E-state index contributed by atoms with van der Waals surface area (Å²) >= 11 is 0. The maximum atomic E-state index is 13.0. The van der Waals surface area contributed by atoms with E-state index in [2.05, 4.69) is 26.8 Å². The zero-order valence-electron chi connectivity index (χ0n) is 15.9. The van der Waals surface area contributed by atoms with Crippen LogP contribution in [-0.2, 0) is 6.42 Å². The minimum atomic E-state index is -0.117. The zero-order chi connectivity index (χ0) is 18.5. The molecule has 0 bridgehead atoms. The fourth-order valence-corrected chi connectivity index (χ4v) is 2.97. The van der Waals surface area contributed by atoms with Crippen molar-refractivity contribution in [1.29, 1.82) is 0 Å². The van der Waals surface area contributed by atoms with Gasteiger partial charge in [0.2, 0.25) is 0 Å². The van der Waals surface area contributed by atoms with Gasteiger partial charge in [-0.05, 0) is 54.4 Å². The quantitative estimate of drug-likeness (QED) is 0.619. The zero-order valence-corrected chi connectivity index (χ0v) is 15.9. The first-order chi connectivity index (χ1) is 12.1. The van der Waals surface area contributed by atoms with Gasteiger partial charge in [0.25, 0.3) is 0 Å². The fourth-order valence-electron chi connectivity index (χ4n) is 2.97. The first-order valence-corrected chi connectivity index (χ1v) is 9.44. The largest absolute Gasteiger partial charge is 0.392 e. The van der Waals surface area contributed by atoms with E-state index in [-0.39, 0.29) is 12.4 Å². The number of aliphatic hydroxyl groups excluding tert-OH is 1. The summed E-state index contributed by atoms with van der Waals surface area (Å²) in [5, 5.41) is 8.67. The molecule has 1 aromatic rings. The second kappa shape index (κ2) is 12.7. The normalized spacial score (nSPS) is 14.6. The molecule has 0 saturated heterocycles. The van der Waals surface area contributed by atoms with Crippen LogP contribution in [0.4, 0.5) is 4.39 Å². The van der Waals surface area contributed by atoms with Gasteiger partial charge in [0.1, 0.15) is 5.82 Å². The van der Waals surface area contributed by atoms with Crippen LogP contribution in [0, 0.1) is 17.7 Å². The van der Waals surface area contributed by atoms with Gasteiger partial charge in [0.15, 0.2) is 0 Å². The van der Waals surface area contributed by atoms with Crippen LogP contribution in [0.25, 0.3) is 0 Å². The molecule has 2 heteroatoms. The average molecular weight is 345 g/mol. The van der Waals surface area contributed by atoms with E-state index in [9.17, 15) is 4.39 Å². The van der Waals surface area contributed by atoms with E-state index in [0.717, 1.165) is 35.8 Å². The molecule has 2 rings (SSSR count). The number of aliphatic hydroxyl groups is 1. The third-order valence-corrected chi connectivity index (χ3v) is 4.55. The van der Waals surface area contributed by atoms with Crippen molar-refractivity contribution in [3.05, 3.63) is 71.6 Å². The van der Waals surface area contributed by atoms with Gasteiger partial charge in [-0.3, -0.25) is 0 Å². The summed E-state index contributed by atoms with van der Waals surface area (Å²) in [5.41, 5.74) is 2.13. The maximum absolute atomic E-state index is 13.0. The molecule has 1 atom stereocenters. The smallest absolute Gasteiger partial charge is 0.123 e. The lowest BCUT2D eigenvalue weighted by Crippen LogP contribution is -2.09. The summed E-state index contributed by atoms with van der Waals surface area (Å²) in [7, 11) is 0. The highest BCUT2D eigenvalue weighted by molar-refractivity contribution is 5.26. The molecule has 1 N–H and O–H groups in total. The van der Waals surface area contributed by atoms with E-state index in [1.807, 2.05) is 30.4 Å². The van der Waals surface area contributed by atoms with Crippen LogP contribution in [0.3, 0.4) is 0 Å². The molecule has 25 heavy (non-hydrogen) atoms. The Balaban J connectivity index is 0.000000293. The fraction of sp³-hybridized carbons (Fsp3) is 0.478. The number of halogens is 1. The number of allylic oxidation sites excluding steroid dienone is 4. The molecular weight excluding hydrogens is 311 g/mol. The molecule has 0 heterocycles. The van der Waals surface area contributed by atoms with E-state index in [4.69, 9.17) is 5.11 Å². The van der Waals surface area contributed by atoms with Crippen molar-refractivity contribution >= 4 is 0 Å². The van der Waals surface area contributed by atoms with Gasteiger partial charge in [-0.15, -0.1) is 0 Å². The van der Waals surface area contributed by atoms with Crippen molar-refractivity contribution in [1.82, 2.24) is 0 Å². The standard InChI is InChI=1S/C15H23F.C8H10O/c1-4-6-14(12(2)3)10-9-13-7-5-8-15(16)11-13;9-7-8-5-3-1-2-4-6-8/h5,7-8,11-12,14H,4,6,9-10H2,1-3H3;1-3,5-6,9H,4,7H2. The molecule has 1 unspecified atom stereocenters. The molecule has 1 aliphatic carbocycles. The van der Waals surface area contributed by atoms with Crippen LogP contribution in [0.15, 0.2) is 60.2 Å². The van der Waals surface area contributed by atoms with Gasteiger partial charge in [-0.2, -0.15) is 0 Å². The van der Waals surface area contributed by atoms with Gasteiger partial charge in [-0.1, -0.05) is 76.1 Å². The Labute approximate surface area is 153 Å². The lowest BCUT2D eigenvalue weighted by Gasteiger charge is -2.20. The van der Waals surface area contributed by atoms with E-state index in [1.54, 1.807) is 12.1 Å². The lowest BCUT2D eigenvalue weighted by atomic mass is 9.86. The number of hydrogen-bond acceptors (Lipinski definition) is 1. The molecule has 0 spiro atoms. The summed E-state index contributed by atoms with van der Waals surface area (Å²) in [5.74, 6) is 1.39. The minimum absolute atomic E-state index is 0.117. The Morgan fingerprint density at radius 3 is 2.60 bits per heavy atom. The number of aryl methyl sites for hydroxylation is 1. The SMILES string of the molecule is CCCC(CCc1cccc(F)c1)C(C)C.OCC1=CCC=CC=C1. The van der Waals surface area contributed by atoms with Crippen LogP contribution in [0.2, 0.25) is 0 Å². The van der Waals surface area contributed by atoms with Crippen molar-refractivity contribution < 1.29 is 9.50 Å². The molecular formula is C23H33FO. The Bertz CT molecular complexity index is 569. The first kappa shape index (κ1) is 21.4. The Morgan fingerprint density at radius 2 is 1.96 bits per heavy atom. The highest BCUT2D eigenvalue weighted by atomic mass is 19.1. The second-order valence-corrected chi connectivity index (χ2v) is 6.92. The molecule has 0 radical (unpaired) electrons. The molecule has 0 fully saturated rings. The predicted molar refractivity (Wildman–Crippen MR) is 106 cm³/mol. The van der Waals surface area contributed by atoms with Crippen molar-refractivity contribution in [2.24, 2.45) is 11.8 Å². The van der Waals surface area contributed by atoms with Gasteiger partial charge in [-0.25, -0.2) is 4.39 Å². The Morgan fingerprint density at radius 1 is 1.16 bits per heavy atom. The second-order valence-electron chi connectivity index (χ2n) is 6.92. The summed E-state index contributed by atoms with van der Waals surface area (Å²) in [6.45, 7) is 6.95. The average Bonchev–Trinajstić information content (AvgIpc) is 2.88. The lowest BCUT2D eigenvalue weighted by molar-refractivity contribution is 0.334. The number of hydrogen-bond donors (Lipinski definition) is 1. The highest BCUT2D eigenvalue weighted by Gasteiger charge is 2.12. The van der Waals surface area contributed by atoms with Crippen LogP contribution < -0.4 is 0 Å². The van der Waals surface area contributed by atoms with E-state index in [0.29, 0.717) is 0 Å². The number of rotatable bonds is 7. The monoisotopic (exact) mass is 344 g/mol. The van der Waals surface area contributed by atoms with Crippen LogP contribution in [0.5, 0.6) is 0 Å². The third kappa shape index (κ3) is 9.40. The van der Waals surface area contributed by atoms with Crippen molar-refractivity contribution in [2.45, 2.75) is 52.9 Å². The van der Waals surface area contributed by atoms with Crippen molar-refractivity contribution in [3.63, 3.8) is 0 Å². The summed E-state index contributed by atoms with van der Waals surface area (Å²) in [6, 6.07) is 6.99. The van der Waals surface area contributed by atoms with E-state index >= 15 is 0 Å². The topological polar surface area (TPSA) is 20.2 Å². The summed E-state index contributed by atoms with van der Waals surface area (Å²) in [6.07, 6.45) is 15.5. The highest BCUT2D eigenvalue weighted by Crippen LogP contribution is 2.23. The molecule has 1 aromatic carbocycles. The van der Waals surface area contributed by atoms with Crippen molar-refractivity contribution in [3.8, 4) is 0 Å². The van der Waals surface area contributed by atoms with Crippen molar-refractivity contribution in [2.75, 3.05) is 6.61 Å². The van der Waals surface area contributed by atoms with E-state index < -0.39 is 0 Å². The Hall–Kier alpha value is -1.67. The van der Waals surface area contributed by atoms with Crippen LogP contribution >= 0.6 is 0 Å². The summed E-state index contributed by atoms with van der Waals surface area (Å²) in [4.78, 5) is 0. The molecule has 0 saturated carbocycles. The molecule has 138 valence electrons. The molecule has 1 aliphatic rings. The van der Waals surface area contributed by atoms with Gasteiger partial charge in [0, 0.05) is 0 Å². The Kier molecular flexibility index (Phi) is 10.8. The van der Waals surface area contributed by atoms with Crippen LogP contribution in [-0.4, -0.2) is 11.7 Å². The molecule has 0 aliphatic heterocycles. The summed E-state index contributed by atoms with van der Waals surface area (Å²) < 4.78 is 13.0. The van der Waals surface area contributed by atoms with Gasteiger partial charge in [0.05, 0.1) is 6.61 Å². The molecule has 1 nitrogen and oxygen atoms in total. The first-order valence-electron chi connectivity index (χ1n) is 9.44. The van der Waals surface area contributed by atoms with Gasteiger partial charge >= 0.3 is 0 Å². The predicted octanol–water partition coefficient (Wildman–Crippen LogP) is 6.25. The van der Waals surface area contributed by atoms with E-state index in [1.165, 1.54) is 25.3 Å². The minimum Gasteiger partial charge on any atom is -0.392 e. The third-order valence-electron chi connectivity index (χ3n) is 4.55. The maximum Gasteiger partial charge on any atom is 0.123 e. The molecule has 0 amide bonds. The van der Waals surface area contributed by atoms with Gasteiger partial charge < -0.3 is 5.11 Å². The molecule has 0 aromatic heterocycles. The number of benzene rings is 1.